The second-order valence-corrected chi connectivity index (χ2v) is 10.3. The number of thiophene rings is 1. The van der Waals surface area contributed by atoms with Gasteiger partial charge in [0.15, 0.2) is 5.03 Å². The van der Waals surface area contributed by atoms with Gasteiger partial charge in [-0.2, -0.15) is 0 Å². The van der Waals surface area contributed by atoms with E-state index < -0.39 is 15.9 Å². The molecular weight excluding hydrogens is 456 g/mol. The Balaban J connectivity index is 1.80. The number of hydrogen-bond donors (Lipinski definition) is 0. The van der Waals surface area contributed by atoms with Crippen molar-refractivity contribution in [3.8, 4) is 0 Å². The molecule has 1 unspecified atom stereocenters. The van der Waals surface area contributed by atoms with Crippen LogP contribution in [0.2, 0.25) is 5.02 Å². The Bertz CT molecular complexity index is 1360. The summed E-state index contributed by atoms with van der Waals surface area (Å²) in [7, 11) is -2.39. The van der Waals surface area contributed by atoms with Gasteiger partial charge in [0.05, 0.1) is 12.0 Å². The number of methoxy groups -OCH3 is 1. The number of halogens is 1. The molecule has 3 aromatic heterocycles. The number of carbonyl (C=O) groups excluding carboxylic acids is 1. The van der Waals surface area contributed by atoms with E-state index in [9.17, 15) is 13.2 Å². The maximum atomic E-state index is 13.1. The Kier molecular flexibility index (Phi) is 5.88. The van der Waals surface area contributed by atoms with E-state index in [-0.39, 0.29) is 15.9 Å². The predicted molar refractivity (Wildman–Crippen MR) is 120 cm³/mol. The SMILES string of the molecule is COC(=O)C(C)n1cc(Cc2sccc2S(=O)(=O)c2ccccn2)c2cc(Cl)ccc21. The Labute approximate surface area is 189 Å². The van der Waals surface area contributed by atoms with E-state index in [2.05, 4.69) is 4.98 Å². The molecule has 31 heavy (non-hydrogen) atoms. The first kappa shape index (κ1) is 21.5. The number of hydrogen-bond acceptors (Lipinski definition) is 6. The van der Waals surface area contributed by atoms with Gasteiger partial charge in [0.25, 0.3) is 0 Å². The summed E-state index contributed by atoms with van der Waals surface area (Å²) in [5.74, 6) is -0.368. The van der Waals surface area contributed by atoms with E-state index in [1.807, 2.05) is 22.9 Å². The monoisotopic (exact) mass is 474 g/mol. The molecule has 0 aliphatic rings. The van der Waals surface area contributed by atoms with Gasteiger partial charge in [-0.3, -0.25) is 0 Å². The molecule has 0 saturated heterocycles. The number of esters is 1. The van der Waals surface area contributed by atoms with Gasteiger partial charge in [0.2, 0.25) is 9.84 Å². The molecule has 0 saturated carbocycles. The quantitative estimate of drug-likeness (QED) is 0.371. The van der Waals surface area contributed by atoms with Gasteiger partial charge >= 0.3 is 5.97 Å². The number of rotatable bonds is 6. The minimum Gasteiger partial charge on any atom is -0.467 e. The summed E-state index contributed by atoms with van der Waals surface area (Å²) in [6.45, 7) is 1.76. The van der Waals surface area contributed by atoms with Crippen LogP contribution in [-0.2, 0) is 25.8 Å². The lowest BCUT2D eigenvalue weighted by atomic mass is 10.1. The summed E-state index contributed by atoms with van der Waals surface area (Å²) < 4.78 is 33.0. The first-order chi connectivity index (χ1) is 14.8. The number of aromatic nitrogens is 2. The van der Waals surface area contributed by atoms with Crippen molar-refractivity contribution in [3.05, 3.63) is 75.7 Å². The van der Waals surface area contributed by atoms with Crippen LogP contribution in [0.4, 0.5) is 0 Å². The van der Waals surface area contributed by atoms with E-state index in [1.54, 1.807) is 36.6 Å². The molecule has 0 bridgehead atoms. The molecule has 1 atom stereocenters. The second-order valence-electron chi connectivity index (χ2n) is 6.98. The Morgan fingerprint density at radius 1 is 1.26 bits per heavy atom. The van der Waals surface area contributed by atoms with Crippen LogP contribution in [0.25, 0.3) is 10.9 Å². The van der Waals surface area contributed by atoms with Crippen molar-refractivity contribution < 1.29 is 17.9 Å². The highest BCUT2D eigenvalue weighted by molar-refractivity contribution is 7.91. The molecule has 1 aromatic carbocycles. The Hall–Kier alpha value is -2.68. The van der Waals surface area contributed by atoms with E-state index in [1.165, 1.54) is 30.7 Å². The standard InChI is InChI=1S/C22H19ClN2O4S2/c1-14(22(26)29-2)25-13-15(17-12-16(23)6-7-18(17)25)11-19-20(8-10-30-19)31(27,28)21-5-3-4-9-24-21/h3-10,12-14H,11H2,1-2H3. The average molecular weight is 475 g/mol. The first-order valence-corrected chi connectivity index (χ1v) is 12.2. The molecule has 9 heteroatoms. The molecule has 160 valence electrons. The number of nitrogens with zero attached hydrogens (tertiary/aromatic N) is 2. The van der Waals surface area contributed by atoms with Crippen LogP contribution in [0.1, 0.15) is 23.4 Å². The third-order valence-corrected chi connectivity index (χ3v) is 8.13. The third kappa shape index (κ3) is 3.98. The fourth-order valence-electron chi connectivity index (χ4n) is 3.53. The highest BCUT2D eigenvalue weighted by atomic mass is 35.5. The molecule has 6 nitrogen and oxygen atoms in total. The van der Waals surface area contributed by atoms with E-state index in [0.29, 0.717) is 16.3 Å². The lowest BCUT2D eigenvalue weighted by molar-refractivity contribution is -0.143. The summed E-state index contributed by atoms with van der Waals surface area (Å²) in [5.41, 5.74) is 1.69. The van der Waals surface area contributed by atoms with Gasteiger partial charge in [-0.1, -0.05) is 17.7 Å². The fraction of sp³-hybridized carbons (Fsp3) is 0.182. The van der Waals surface area contributed by atoms with Gasteiger partial charge in [0, 0.05) is 39.6 Å². The third-order valence-electron chi connectivity index (χ3n) is 5.10. The summed E-state index contributed by atoms with van der Waals surface area (Å²) in [6.07, 6.45) is 3.69. The molecule has 0 spiro atoms. The highest BCUT2D eigenvalue weighted by Gasteiger charge is 2.25. The van der Waals surface area contributed by atoms with Gasteiger partial charge in [-0.15, -0.1) is 11.3 Å². The number of ether oxygens (including phenoxy) is 1. The van der Waals surface area contributed by atoms with Crippen LogP contribution in [0.5, 0.6) is 0 Å². The van der Waals surface area contributed by atoms with Crippen molar-refractivity contribution >= 4 is 49.6 Å². The fourth-order valence-corrected chi connectivity index (χ4v) is 6.36. The van der Waals surface area contributed by atoms with Gasteiger partial charge in [-0.25, -0.2) is 18.2 Å². The lowest BCUT2D eigenvalue weighted by Gasteiger charge is -2.12. The zero-order valence-electron chi connectivity index (χ0n) is 16.8. The molecule has 0 aliphatic heterocycles. The Morgan fingerprint density at radius 2 is 2.06 bits per heavy atom. The van der Waals surface area contributed by atoms with E-state index in [0.717, 1.165) is 16.5 Å². The van der Waals surface area contributed by atoms with Crippen LogP contribution in [0.15, 0.2) is 70.2 Å². The molecule has 0 radical (unpaired) electrons. The van der Waals surface area contributed by atoms with Crippen LogP contribution in [-0.4, -0.2) is 31.0 Å². The Morgan fingerprint density at radius 3 is 2.77 bits per heavy atom. The first-order valence-electron chi connectivity index (χ1n) is 9.42. The zero-order chi connectivity index (χ0) is 22.2. The number of carbonyl (C=O) groups is 1. The van der Waals surface area contributed by atoms with Gasteiger partial charge in [0.1, 0.15) is 6.04 Å². The average Bonchev–Trinajstić information content (AvgIpc) is 3.39. The molecule has 4 aromatic rings. The van der Waals surface area contributed by atoms with E-state index in [4.69, 9.17) is 16.3 Å². The van der Waals surface area contributed by atoms with Gasteiger partial charge in [-0.05, 0) is 54.3 Å². The molecule has 0 amide bonds. The molecule has 0 fully saturated rings. The van der Waals surface area contributed by atoms with Gasteiger partial charge < -0.3 is 9.30 Å². The van der Waals surface area contributed by atoms with Crippen molar-refractivity contribution in [2.24, 2.45) is 0 Å². The normalized spacial score (nSPS) is 12.7. The zero-order valence-corrected chi connectivity index (χ0v) is 19.2. The molecular formula is C22H19ClN2O4S2. The number of pyridine rings is 1. The van der Waals surface area contributed by atoms with Crippen LogP contribution in [0.3, 0.4) is 0 Å². The minimum atomic E-state index is -3.74. The van der Waals surface area contributed by atoms with Crippen molar-refractivity contribution in [2.75, 3.05) is 7.11 Å². The van der Waals surface area contributed by atoms with Crippen LogP contribution < -0.4 is 0 Å². The van der Waals surface area contributed by atoms with Crippen LogP contribution in [0, 0.1) is 0 Å². The largest absolute Gasteiger partial charge is 0.467 e. The minimum absolute atomic E-state index is 0.0134. The molecule has 4 rings (SSSR count). The maximum Gasteiger partial charge on any atom is 0.328 e. The lowest BCUT2D eigenvalue weighted by Crippen LogP contribution is -2.16. The number of fused-ring (bicyclic) bond motifs is 1. The molecule has 0 aliphatic carbocycles. The van der Waals surface area contributed by atoms with Crippen LogP contribution >= 0.6 is 22.9 Å². The maximum absolute atomic E-state index is 13.1. The smallest absolute Gasteiger partial charge is 0.328 e. The summed E-state index contributed by atoms with van der Waals surface area (Å²) in [4.78, 5) is 17.1. The molecule has 3 heterocycles. The predicted octanol–water partition coefficient (Wildman–Crippen LogP) is 4.91. The van der Waals surface area contributed by atoms with Crippen molar-refractivity contribution in [3.63, 3.8) is 0 Å². The summed E-state index contributed by atoms with van der Waals surface area (Å²) in [6, 6.07) is 11.3. The topological polar surface area (TPSA) is 78.3 Å². The van der Waals surface area contributed by atoms with Crippen molar-refractivity contribution in [2.45, 2.75) is 29.3 Å². The van der Waals surface area contributed by atoms with E-state index >= 15 is 0 Å². The van der Waals surface area contributed by atoms with Crippen molar-refractivity contribution in [1.29, 1.82) is 0 Å². The molecule has 0 N–H and O–H groups in total. The summed E-state index contributed by atoms with van der Waals surface area (Å²) in [5, 5.41) is 3.19. The number of benzene rings is 1. The number of sulfone groups is 1. The van der Waals surface area contributed by atoms with Crippen molar-refractivity contribution in [1.82, 2.24) is 9.55 Å². The summed E-state index contributed by atoms with van der Waals surface area (Å²) >= 11 is 7.60. The highest BCUT2D eigenvalue weighted by Crippen LogP contribution is 2.34. The second kappa shape index (κ2) is 8.45.